The number of nitrogens with zero attached hydrogens (tertiary/aromatic N) is 1. The summed E-state index contributed by atoms with van der Waals surface area (Å²) in [5.41, 5.74) is -0.323. The molecule has 0 fully saturated rings. The molecule has 1 atom stereocenters. The second-order valence-electron chi connectivity index (χ2n) is 17.9. The highest BCUT2D eigenvalue weighted by atomic mass is 19.1. The van der Waals surface area contributed by atoms with Gasteiger partial charge in [0.1, 0.15) is 17.9 Å². The maximum absolute atomic E-state index is 14.2. The van der Waals surface area contributed by atoms with Crippen molar-refractivity contribution in [3.8, 4) is 0 Å². The summed E-state index contributed by atoms with van der Waals surface area (Å²) in [6.07, 6.45) is 38.5. The molecule has 0 radical (unpaired) electrons. The largest absolute Gasteiger partial charge is 0.462 e. The molecule has 0 saturated heterocycles. The Morgan fingerprint density at radius 2 is 0.887 bits per heavy atom. The zero-order valence-corrected chi connectivity index (χ0v) is 41.1. The number of nitrogens with one attached hydrogen (secondary N) is 2. The lowest BCUT2D eigenvalue weighted by atomic mass is 10.0. The average molecular weight is 880 g/mol. The van der Waals surface area contributed by atoms with Crippen LogP contribution in [0.2, 0.25) is 0 Å². The van der Waals surface area contributed by atoms with Gasteiger partial charge in [0.2, 0.25) is 11.7 Å². The standard InChI is InChI=1S/C52H98FN3O6/c1-6-10-13-16-21-28-36-46(9-4)61-49(59)39-31-24-19-26-33-42-56(44-35-41-55-51(48(58)45-57)52(53)54-5)43-34-27-20-25-32-40-50(60)62-47(37-29-22-17-14-11-7-2)38-30-23-18-15-12-8-3/h45-47,54-55H,6-44H2,1-5H3/b52-51-. The molecule has 0 bridgehead atoms. The molecular weight excluding hydrogens is 782 g/mol. The highest BCUT2D eigenvalue weighted by Crippen LogP contribution is 2.19. The van der Waals surface area contributed by atoms with E-state index in [0.717, 1.165) is 129 Å². The fourth-order valence-corrected chi connectivity index (χ4v) is 8.13. The SMILES string of the molecule is CCCCCCCCC(CC)OC(=O)CCCCCCCN(CCCCCCCC(=O)OC(CCCCCCCC)CCCCCCCC)CCCN/C(C(=O)C=O)=C(/F)NC. The molecule has 0 aromatic carbocycles. The van der Waals surface area contributed by atoms with Crippen LogP contribution >= 0.6 is 0 Å². The predicted molar refractivity (Wildman–Crippen MR) is 257 cm³/mol. The maximum Gasteiger partial charge on any atom is 0.306 e. The quantitative estimate of drug-likeness (QED) is 0.0154. The molecule has 0 spiro atoms. The minimum Gasteiger partial charge on any atom is -0.462 e. The summed E-state index contributed by atoms with van der Waals surface area (Å²) in [5, 5.41) is 5.13. The zero-order valence-electron chi connectivity index (χ0n) is 41.1. The highest BCUT2D eigenvalue weighted by Gasteiger charge is 2.16. The molecule has 0 amide bonds. The summed E-state index contributed by atoms with van der Waals surface area (Å²) in [6, 6.07) is 0. The number of carbonyl (C=O) groups is 4. The van der Waals surface area contributed by atoms with E-state index in [-0.39, 0.29) is 36.1 Å². The Labute approximate surface area is 381 Å². The van der Waals surface area contributed by atoms with E-state index < -0.39 is 11.7 Å². The summed E-state index contributed by atoms with van der Waals surface area (Å²) < 4.78 is 26.0. The van der Waals surface area contributed by atoms with Gasteiger partial charge < -0.3 is 25.0 Å². The molecule has 0 aromatic heterocycles. The Hall–Kier alpha value is -2.49. The van der Waals surface area contributed by atoms with Crippen molar-refractivity contribution in [3.05, 3.63) is 11.6 Å². The van der Waals surface area contributed by atoms with Gasteiger partial charge in [0.05, 0.1) is 0 Å². The lowest BCUT2D eigenvalue weighted by Gasteiger charge is -2.23. The molecule has 0 aliphatic heterocycles. The van der Waals surface area contributed by atoms with Crippen molar-refractivity contribution in [2.75, 3.05) is 33.2 Å². The highest BCUT2D eigenvalue weighted by molar-refractivity contribution is 6.32. The summed E-state index contributed by atoms with van der Waals surface area (Å²) >= 11 is 0. The number of Topliss-reactive ketones (excluding diaryl/α,β-unsaturated/α-hetero) is 1. The molecule has 0 rings (SSSR count). The van der Waals surface area contributed by atoms with E-state index in [0.29, 0.717) is 25.8 Å². The number of aldehydes is 1. The minimum atomic E-state index is -0.908. The van der Waals surface area contributed by atoms with Crippen molar-refractivity contribution in [1.29, 1.82) is 0 Å². The van der Waals surface area contributed by atoms with Crippen LogP contribution in [0, 0.1) is 0 Å². The number of esters is 2. The molecule has 0 aliphatic carbocycles. The van der Waals surface area contributed by atoms with E-state index in [2.05, 4.69) is 43.2 Å². The Morgan fingerprint density at radius 1 is 0.516 bits per heavy atom. The third kappa shape index (κ3) is 36.9. The second kappa shape index (κ2) is 45.1. The van der Waals surface area contributed by atoms with Crippen LogP contribution in [0.15, 0.2) is 11.6 Å². The third-order valence-corrected chi connectivity index (χ3v) is 12.1. The molecule has 62 heavy (non-hydrogen) atoms. The lowest BCUT2D eigenvalue weighted by Crippen LogP contribution is -2.31. The van der Waals surface area contributed by atoms with Crippen molar-refractivity contribution >= 4 is 24.0 Å². The minimum absolute atomic E-state index is 0.0296. The summed E-state index contributed by atoms with van der Waals surface area (Å²) in [4.78, 5) is 50.8. The van der Waals surface area contributed by atoms with Gasteiger partial charge in [-0.2, -0.15) is 4.39 Å². The number of hydrogen-bond acceptors (Lipinski definition) is 9. The topological polar surface area (TPSA) is 114 Å². The maximum atomic E-state index is 14.2. The normalized spacial score (nSPS) is 12.4. The molecule has 0 saturated carbocycles. The van der Waals surface area contributed by atoms with E-state index in [9.17, 15) is 23.6 Å². The first-order valence-electron chi connectivity index (χ1n) is 26.2. The summed E-state index contributed by atoms with van der Waals surface area (Å²) in [7, 11) is 1.37. The van der Waals surface area contributed by atoms with Gasteiger partial charge in [-0.15, -0.1) is 0 Å². The molecule has 1 unspecified atom stereocenters. The Bertz CT molecular complexity index is 1090. The van der Waals surface area contributed by atoms with Crippen LogP contribution in [0.5, 0.6) is 0 Å². The molecule has 10 heteroatoms. The van der Waals surface area contributed by atoms with Crippen molar-refractivity contribution in [2.24, 2.45) is 0 Å². The van der Waals surface area contributed by atoms with Crippen molar-refractivity contribution in [2.45, 2.75) is 265 Å². The zero-order chi connectivity index (χ0) is 45.7. The number of halogens is 1. The lowest BCUT2D eigenvalue weighted by molar-refractivity contribution is -0.150. The molecule has 0 aromatic rings. The Kier molecular flexibility index (Phi) is 43.3. The van der Waals surface area contributed by atoms with Gasteiger partial charge in [-0.05, 0) is 96.7 Å². The molecule has 364 valence electrons. The number of allylic oxidation sites excluding steroid dienone is 1. The van der Waals surface area contributed by atoms with E-state index in [1.807, 2.05) is 0 Å². The van der Waals surface area contributed by atoms with Gasteiger partial charge in [0.15, 0.2) is 6.29 Å². The fraction of sp³-hybridized carbons (Fsp3) is 0.885. The second-order valence-corrected chi connectivity index (χ2v) is 17.9. The van der Waals surface area contributed by atoms with Crippen LogP contribution in [0.3, 0.4) is 0 Å². The van der Waals surface area contributed by atoms with Gasteiger partial charge in [-0.1, -0.05) is 163 Å². The fourth-order valence-electron chi connectivity index (χ4n) is 8.13. The van der Waals surface area contributed by atoms with Crippen LogP contribution in [0.1, 0.15) is 252 Å². The van der Waals surface area contributed by atoms with E-state index in [4.69, 9.17) is 9.47 Å². The summed E-state index contributed by atoms with van der Waals surface area (Å²) in [6.45, 7) is 11.9. The average Bonchev–Trinajstić information content (AvgIpc) is 3.27. The number of ketones is 1. The van der Waals surface area contributed by atoms with Crippen LogP contribution in [0.4, 0.5) is 4.39 Å². The number of hydrogen-bond donors (Lipinski definition) is 2. The number of rotatable bonds is 48. The molecular formula is C52H98FN3O6. The van der Waals surface area contributed by atoms with Crippen LogP contribution in [-0.4, -0.2) is 74.3 Å². The first-order chi connectivity index (χ1) is 30.3. The molecule has 2 N–H and O–H groups in total. The molecule has 0 aliphatic rings. The van der Waals surface area contributed by atoms with Gasteiger partial charge in [0.25, 0.3) is 0 Å². The van der Waals surface area contributed by atoms with Crippen LogP contribution in [0.25, 0.3) is 0 Å². The predicted octanol–water partition coefficient (Wildman–Crippen LogP) is 13.6. The number of ether oxygens (including phenoxy) is 2. The van der Waals surface area contributed by atoms with E-state index >= 15 is 0 Å². The van der Waals surface area contributed by atoms with Crippen LogP contribution in [-0.2, 0) is 28.7 Å². The van der Waals surface area contributed by atoms with Crippen molar-refractivity contribution in [1.82, 2.24) is 15.5 Å². The Morgan fingerprint density at radius 3 is 1.31 bits per heavy atom. The van der Waals surface area contributed by atoms with E-state index in [1.165, 1.54) is 103 Å². The van der Waals surface area contributed by atoms with Gasteiger partial charge >= 0.3 is 11.9 Å². The summed E-state index contributed by atoms with van der Waals surface area (Å²) in [5.74, 6) is -1.83. The number of carbonyl (C=O) groups excluding carboxylic acids is 4. The van der Waals surface area contributed by atoms with Gasteiger partial charge in [-0.3, -0.25) is 19.2 Å². The van der Waals surface area contributed by atoms with Gasteiger partial charge in [-0.25, -0.2) is 0 Å². The smallest absolute Gasteiger partial charge is 0.306 e. The monoisotopic (exact) mass is 880 g/mol. The van der Waals surface area contributed by atoms with E-state index in [1.54, 1.807) is 0 Å². The molecule has 0 heterocycles. The van der Waals surface area contributed by atoms with Crippen molar-refractivity contribution < 1.29 is 33.0 Å². The molecule has 9 nitrogen and oxygen atoms in total. The third-order valence-electron chi connectivity index (χ3n) is 12.1. The Balaban J connectivity index is 4.73. The number of unbranched alkanes of at least 4 members (excludes halogenated alkanes) is 23. The van der Waals surface area contributed by atoms with Gasteiger partial charge in [0, 0.05) is 26.4 Å². The van der Waals surface area contributed by atoms with Crippen molar-refractivity contribution in [3.63, 3.8) is 0 Å². The first kappa shape index (κ1) is 59.5. The first-order valence-corrected chi connectivity index (χ1v) is 26.2. The van der Waals surface area contributed by atoms with Crippen LogP contribution < -0.4 is 10.6 Å².